The van der Waals surface area contributed by atoms with Gasteiger partial charge in [0.25, 0.3) is 0 Å². The van der Waals surface area contributed by atoms with Gasteiger partial charge in [-0.05, 0) is 37.3 Å². The highest BCUT2D eigenvalue weighted by Crippen LogP contribution is 2.26. The Labute approximate surface area is 112 Å². The molecule has 1 aromatic carbocycles. The Hall–Kier alpha value is -1.26. The number of hydrogen-bond acceptors (Lipinski definition) is 1. The fourth-order valence-electron chi connectivity index (χ4n) is 2.58. The summed E-state index contributed by atoms with van der Waals surface area (Å²) in [5.41, 5.74) is 1.44. The molecule has 0 radical (unpaired) electrons. The quantitative estimate of drug-likeness (QED) is 0.538. The van der Waals surface area contributed by atoms with Gasteiger partial charge in [0, 0.05) is 12.5 Å². The van der Waals surface area contributed by atoms with Crippen LogP contribution in [0.2, 0.25) is 0 Å². The van der Waals surface area contributed by atoms with Gasteiger partial charge in [-0.3, -0.25) is 0 Å². The molecule has 98 valence electrons. The van der Waals surface area contributed by atoms with Crippen molar-refractivity contribution in [2.75, 3.05) is 6.54 Å². The SMILES string of the molecule is C#CCCCC(NCC)C(CC)c1ccccc1. The number of benzene rings is 1. The smallest absolute Gasteiger partial charge is 0.0136 e. The molecule has 1 N–H and O–H groups in total. The van der Waals surface area contributed by atoms with Crippen molar-refractivity contribution in [2.45, 2.75) is 51.5 Å². The third-order valence-corrected chi connectivity index (χ3v) is 3.46. The first-order valence-electron chi connectivity index (χ1n) is 7.05. The van der Waals surface area contributed by atoms with Gasteiger partial charge in [0.1, 0.15) is 0 Å². The van der Waals surface area contributed by atoms with Crippen LogP contribution in [0.1, 0.15) is 51.0 Å². The Morgan fingerprint density at radius 3 is 2.50 bits per heavy atom. The van der Waals surface area contributed by atoms with Crippen LogP contribution in [0, 0.1) is 12.3 Å². The maximum Gasteiger partial charge on any atom is 0.0136 e. The minimum Gasteiger partial charge on any atom is -0.314 e. The van der Waals surface area contributed by atoms with E-state index in [1.807, 2.05) is 0 Å². The van der Waals surface area contributed by atoms with E-state index >= 15 is 0 Å². The maximum absolute atomic E-state index is 5.34. The average Bonchev–Trinajstić information content (AvgIpc) is 2.41. The van der Waals surface area contributed by atoms with Gasteiger partial charge in [-0.25, -0.2) is 0 Å². The van der Waals surface area contributed by atoms with Gasteiger partial charge in [-0.2, -0.15) is 0 Å². The molecule has 2 unspecified atom stereocenters. The fourth-order valence-corrected chi connectivity index (χ4v) is 2.58. The second kappa shape index (κ2) is 8.78. The van der Waals surface area contributed by atoms with Crippen molar-refractivity contribution in [1.82, 2.24) is 5.32 Å². The molecule has 0 bridgehead atoms. The molecule has 2 atom stereocenters. The molecule has 1 nitrogen and oxygen atoms in total. The number of rotatable bonds is 8. The highest BCUT2D eigenvalue weighted by Gasteiger charge is 2.20. The lowest BCUT2D eigenvalue weighted by molar-refractivity contribution is 0.400. The van der Waals surface area contributed by atoms with Crippen molar-refractivity contribution in [1.29, 1.82) is 0 Å². The van der Waals surface area contributed by atoms with Crippen molar-refractivity contribution < 1.29 is 0 Å². The largest absolute Gasteiger partial charge is 0.314 e. The Bertz CT molecular complexity index is 350. The first kappa shape index (κ1) is 14.8. The summed E-state index contributed by atoms with van der Waals surface area (Å²) in [5.74, 6) is 3.32. The lowest BCUT2D eigenvalue weighted by atomic mass is 9.86. The summed E-state index contributed by atoms with van der Waals surface area (Å²) < 4.78 is 0. The summed E-state index contributed by atoms with van der Waals surface area (Å²) in [6.07, 6.45) is 9.65. The van der Waals surface area contributed by atoms with Crippen molar-refractivity contribution in [3.05, 3.63) is 35.9 Å². The molecule has 0 heterocycles. The molecule has 0 aliphatic heterocycles. The molecule has 1 rings (SSSR count). The molecular weight excluding hydrogens is 218 g/mol. The molecule has 0 saturated carbocycles. The highest BCUT2D eigenvalue weighted by molar-refractivity contribution is 5.21. The third-order valence-electron chi connectivity index (χ3n) is 3.46. The Balaban J connectivity index is 2.71. The Kier molecular flexibility index (Phi) is 7.22. The summed E-state index contributed by atoms with van der Waals surface area (Å²) in [4.78, 5) is 0. The third kappa shape index (κ3) is 4.55. The molecule has 18 heavy (non-hydrogen) atoms. The molecule has 1 heteroatoms. The molecule has 0 aromatic heterocycles. The zero-order valence-electron chi connectivity index (χ0n) is 11.7. The van der Waals surface area contributed by atoms with Crippen molar-refractivity contribution in [3.63, 3.8) is 0 Å². The minimum absolute atomic E-state index is 0.538. The summed E-state index contributed by atoms with van der Waals surface area (Å²) in [5, 5.41) is 3.62. The van der Waals surface area contributed by atoms with Crippen molar-refractivity contribution in [2.24, 2.45) is 0 Å². The zero-order chi connectivity index (χ0) is 13.2. The molecule has 1 aromatic rings. The molecule has 0 fully saturated rings. The van der Waals surface area contributed by atoms with Gasteiger partial charge < -0.3 is 5.32 Å². The molecular formula is C17H25N. The number of hydrogen-bond donors (Lipinski definition) is 1. The van der Waals surface area contributed by atoms with Crippen LogP contribution in [-0.4, -0.2) is 12.6 Å². The van der Waals surface area contributed by atoms with E-state index in [0.29, 0.717) is 12.0 Å². The van der Waals surface area contributed by atoms with Crippen molar-refractivity contribution in [3.8, 4) is 12.3 Å². The van der Waals surface area contributed by atoms with Gasteiger partial charge in [-0.1, -0.05) is 44.2 Å². The van der Waals surface area contributed by atoms with Crippen LogP contribution in [0.4, 0.5) is 0 Å². The number of terminal acetylenes is 1. The van der Waals surface area contributed by atoms with Crippen LogP contribution >= 0.6 is 0 Å². The van der Waals surface area contributed by atoms with E-state index in [1.54, 1.807) is 0 Å². The predicted molar refractivity (Wildman–Crippen MR) is 79.6 cm³/mol. The van der Waals surface area contributed by atoms with E-state index in [0.717, 1.165) is 32.2 Å². The number of unbranched alkanes of at least 4 members (excludes halogenated alkanes) is 1. The second-order valence-corrected chi connectivity index (χ2v) is 4.69. The summed E-state index contributed by atoms with van der Waals surface area (Å²) in [7, 11) is 0. The molecule has 0 saturated heterocycles. The van der Waals surface area contributed by atoms with E-state index in [4.69, 9.17) is 6.42 Å². The summed E-state index contributed by atoms with van der Waals surface area (Å²) in [6.45, 7) is 5.46. The molecule has 0 spiro atoms. The average molecular weight is 243 g/mol. The van der Waals surface area contributed by atoms with Crippen LogP contribution in [0.3, 0.4) is 0 Å². The van der Waals surface area contributed by atoms with E-state index in [9.17, 15) is 0 Å². The van der Waals surface area contributed by atoms with Crippen LogP contribution in [-0.2, 0) is 0 Å². The molecule has 0 aliphatic carbocycles. The van der Waals surface area contributed by atoms with Gasteiger partial charge in [0.2, 0.25) is 0 Å². The van der Waals surface area contributed by atoms with Crippen molar-refractivity contribution >= 4 is 0 Å². The van der Waals surface area contributed by atoms with Crippen LogP contribution in [0.15, 0.2) is 30.3 Å². The monoisotopic (exact) mass is 243 g/mol. The first-order chi connectivity index (χ1) is 8.83. The van der Waals surface area contributed by atoms with Crippen LogP contribution in [0.25, 0.3) is 0 Å². The fraction of sp³-hybridized carbons (Fsp3) is 0.529. The van der Waals surface area contributed by atoms with E-state index in [-0.39, 0.29) is 0 Å². The first-order valence-corrected chi connectivity index (χ1v) is 7.05. The zero-order valence-corrected chi connectivity index (χ0v) is 11.7. The van der Waals surface area contributed by atoms with Gasteiger partial charge >= 0.3 is 0 Å². The normalized spacial score (nSPS) is 13.8. The highest BCUT2D eigenvalue weighted by atomic mass is 14.9. The van der Waals surface area contributed by atoms with Gasteiger partial charge in [0.05, 0.1) is 0 Å². The lowest BCUT2D eigenvalue weighted by Crippen LogP contribution is -2.34. The minimum atomic E-state index is 0.538. The summed E-state index contributed by atoms with van der Waals surface area (Å²) >= 11 is 0. The Morgan fingerprint density at radius 2 is 1.94 bits per heavy atom. The molecule has 0 amide bonds. The summed E-state index contributed by atoms with van der Waals surface area (Å²) in [6, 6.07) is 11.3. The number of likely N-dealkylation sites (N-methyl/N-ethyl adjacent to an activating group) is 1. The number of nitrogens with one attached hydrogen (secondary N) is 1. The van der Waals surface area contributed by atoms with Gasteiger partial charge in [-0.15, -0.1) is 12.3 Å². The maximum atomic E-state index is 5.34. The topological polar surface area (TPSA) is 12.0 Å². The van der Waals surface area contributed by atoms with E-state index in [2.05, 4.69) is 55.4 Å². The molecule has 0 aliphatic rings. The second-order valence-electron chi connectivity index (χ2n) is 4.69. The lowest BCUT2D eigenvalue weighted by Gasteiger charge is -2.27. The van der Waals surface area contributed by atoms with E-state index in [1.165, 1.54) is 5.56 Å². The van der Waals surface area contributed by atoms with Gasteiger partial charge in [0.15, 0.2) is 0 Å². The Morgan fingerprint density at radius 1 is 1.22 bits per heavy atom. The predicted octanol–water partition coefficient (Wildman–Crippen LogP) is 3.96. The van der Waals surface area contributed by atoms with E-state index < -0.39 is 0 Å². The van der Waals surface area contributed by atoms with Crippen LogP contribution < -0.4 is 5.32 Å². The van der Waals surface area contributed by atoms with Crippen LogP contribution in [0.5, 0.6) is 0 Å². The standard InChI is InChI=1S/C17H25N/c1-4-7-9-14-17(18-6-3)16(5-2)15-12-10-8-11-13-15/h1,8,10-13,16-18H,5-7,9,14H2,2-3H3.